The SMILES string of the molecule is c1ccc(-c2cc(-c3ccc4ccc5cccc6ccc3c4c56)nc3ccccc23)cc1. The third kappa shape index (κ3) is 2.48. The molecule has 0 spiro atoms. The highest BCUT2D eigenvalue weighted by Crippen LogP contribution is 2.40. The number of hydrogen-bond donors (Lipinski definition) is 0. The van der Waals surface area contributed by atoms with Crippen LogP contribution in [-0.4, -0.2) is 4.98 Å². The van der Waals surface area contributed by atoms with Crippen molar-refractivity contribution in [3.05, 3.63) is 115 Å². The summed E-state index contributed by atoms with van der Waals surface area (Å²) >= 11 is 0. The number of benzene rings is 6. The van der Waals surface area contributed by atoms with Gasteiger partial charge in [0.1, 0.15) is 0 Å². The number of pyridine rings is 1. The standard InChI is InChI=1S/C31H19N/c1-2-7-20(8-3-1)27-19-29(32-28-12-5-4-11-24(27)28)25-17-15-23-14-13-21-9-6-10-22-16-18-26(25)31(23)30(21)22/h1-19H. The van der Waals surface area contributed by atoms with Gasteiger partial charge in [-0.1, -0.05) is 103 Å². The third-order valence-corrected chi connectivity index (χ3v) is 6.61. The predicted octanol–water partition coefficient (Wildman–Crippen LogP) is 8.47. The second kappa shape index (κ2) is 6.63. The van der Waals surface area contributed by atoms with Crippen LogP contribution >= 0.6 is 0 Å². The van der Waals surface area contributed by atoms with E-state index >= 15 is 0 Å². The predicted molar refractivity (Wildman–Crippen MR) is 136 cm³/mol. The molecule has 0 aliphatic heterocycles. The molecule has 0 unspecified atom stereocenters. The number of rotatable bonds is 2. The zero-order valence-corrected chi connectivity index (χ0v) is 17.4. The Morgan fingerprint density at radius 3 is 1.97 bits per heavy atom. The maximum atomic E-state index is 5.11. The minimum absolute atomic E-state index is 1.01. The molecule has 32 heavy (non-hydrogen) atoms. The van der Waals surface area contributed by atoms with E-state index in [-0.39, 0.29) is 0 Å². The Hall–Kier alpha value is -4.23. The van der Waals surface area contributed by atoms with E-state index in [1.807, 2.05) is 0 Å². The Bertz CT molecular complexity index is 1750. The van der Waals surface area contributed by atoms with Gasteiger partial charge in [0.15, 0.2) is 0 Å². The largest absolute Gasteiger partial charge is 0.248 e. The van der Waals surface area contributed by atoms with Crippen molar-refractivity contribution in [1.82, 2.24) is 4.98 Å². The Kier molecular flexibility index (Phi) is 3.62. The fourth-order valence-corrected chi connectivity index (χ4v) is 5.13. The molecule has 1 heterocycles. The van der Waals surface area contributed by atoms with Gasteiger partial charge < -0.3 is 0 Å². The molecule has 1 heteroatoms. The van der Waals surface area contributed by atoms with Gasteiger partial charge in [0.25, 0.3) is 0 Å². The highest BCUT2D eigenvalue weighted by Gasteiger charge is 2.15. The molecule has 0 aliphatic rings. The Morgan fingerprint density at radius 1 is 0.438 bits per heavy atom. The van der Waals surface area contributed by atoms with Crippen LogP contribution in [0.1, 0.15) is 0 Å². The molecule has 1 aromatic heterocycles. The van der Waals surface area contributed by atoms with Gasteiger partial charge in [0.2, 0.25) is 0 Å². The van der Waals surface area contributed by atoms with Crippen LogP contribution in [0.2, 0.25) is 0 Å². The molecule has 0 bridgehead atoms. The molecule has 1 nitrogen and oxygen atoms in total. The maximum absolute atomic E-state index is 5.11. The Balaban J connectivity index is 1.59. The molecule has 7 aromatic rings. The molecule has 0 amide bonds. The Labute approximate surface area is 185 Å². The lowest BCUT2D eigenvalue weighted by molar-refractivity contribution is 1.41. The lowest BCUT2D eigenvalue weighted by Gasteiger charge is -2.15. The zero-order chi connectivity index (χ0) is 21.1. The quantitative estimate of drug-likeness (QED) is 0.263. The highest BCUT2D eigenvalue weighted by atomic mass is 14.7. The first kappa shape index (κ1) is 17.5. The molecule has 0 saturated heterocycles. The summed E-state index contributed by atoms with van der Waals surface area (Å²) in [7, 11) is 0. The summed E-state index contributed by atoms with van der Waals surface area (Å²) in [6.45, 7) is 0. The van der Waals surface area contributed by atoms with Gasteiger partial charge in [0.05, 0.1) is 11.2 Å². The molecule has 6 aromatic carbocycles. The van der Waals surface area contributed by atoms with Crippen molar-refractivity contribution in [2.75, 3.05) is 0 Å². The number of para-hydroxylation sites is 1. The number of aromatic nitrogens is 1. The van der Waals surface area contributed by atoms with E-state index in [4.69, 9.17) is 4.98 Å². The van der Waals surface area contributed by atoms with Crippen LogP contribution < -0.4 is 0 Å². The van der Waals surface area contributed by atoms with E-state index in [1.54, 1.807) is 0 Å². The van der Waals surface area contributed by atoms with Gasteiger partial charge in [-0.2, -0.15) is 0 Å². The number of fused-ring (bicyclic) bond motifs is 1. The molecular formula is C31H19N. The maximum Gasteiger partial charge on any atom is 0.0722 e. The van der Waals surface area contributed by atoms with Crippen LogP contribution in [0.3, 0.4) is 0 Å². The third-order valence-electron chi connectivity index (χ3n) is 6.61. The lowest BCUT2D eigenvalue weighted by Crippen LogP contribution is -1.92. The summed E-state index contributed by atoms with van der Waals surface area (Å²) in [6.07, 6.45) is 0. The second-order valence-corrected chi connectivity index (χ2v) is 8.41. The van der Waals surface area contributed by atoms with E-state index in [2.05, 4.69) is 115 Å². The van der Waals surface area contributed by atoms with Crippen LogP contribution in [0.15, 0.2) is 115 Å². The minimum Gasteiger partial charge on any atom is -0.248 e. The molecule has 148 valence electrons. The fourth-order valence-electron chi connectivity index (χ4n) is 5.13. The summed E-state index contributed by atoms with van der Waals surface area (Å²) < 4.78 is 0. The van der Waals surface area contributed by atoms with E-state index in [0.29, 0.717) is 0 Å². The van der Waals surface area contributed by atoms with Crippen LogP contribution in [0, 0.1) is 0 Å². The van der Waals surface area contributed by atoms with Crippen molar-refractivity contribution < 1.29 is 0 Å². The van der Waals surface area contributed by atoms with Crippen molar-refractivity contribution in [3.63, 3.8) is 0 Å². The summed E-state index contributed by atoms with van der Waals surface area (Å²) in [4.78, 5) is 5.11. The first-order chi connectivity index (χ1) is 15.9. The van der Waals surface area contributed by atoms with Gasteiger partial charge in [0, 0.05) is 10.9 Å². The summed E-state index contributed by atoms with van der Waals surface area (Å²) in [5.74, 6) is 0. The fraction of sp³-hybridized carbons (Fsp3) is 0. The van der Waals surface area contributed by atoms with E-state index < -0.39 is 0 Å². The molecule has 0 saturated carbocycles. The molecule has 0 N–H and O–H groups in total. The van der Waals surface area contributed by atoms with Gasteiger partial charge in [-0.25, -0.2) is 4.98 Å². The molecule has 0 fully saturated rings. The van der Waals surface area contributed by atoms with Gasteiger partial charge in [-0.3, -0.25) is 0 Å². The van der Waals surface area contributed by atoms with Crippen molar-refractivity contribution in [1.29, 1.82) is 0 Å². The first-order valence-electron chi connectivity index (χ1n) is 11.0. The monoisotopic (exact) mass is 405 g/mol. The summed E-state index contributed by atoms with van der Waals surface area (Å²) in [5.41, 5.74) is 5.65. The summed E-state index contributed by atoms with van der Waals surface area (Å²) in [6, 6.07) is 41.3. The van der Waals surface area contributed by atoms with Crippen molar-refractivity contribution in [2.45, 2.75) is 0 Å². The Morgan fingerprint density at radius 2 is 1.12 bits per heavy atom. The van der Waals surface area contributed by atoms with Crippen molar-refractivity contribution in [2.24, 2.45) is 0 Å². The molecule has 0 aliphatic carbocycles. The number of nitrogens with zero attached hydrogens (tertiary/aromatic N) is 1. The molecule has 7 rings (SSSR count). The number of hydrogen-bond acceptors (Lipinski definition) is 1. The first-order valence-corrected chi connectivity index (χ1v) is 11.0. The minimum atomic E-state index is 1.01. The van der Waals surface area contributed by atoms with E-state index in [1.165, 1.54) is 54.4 Å². The highest BCUT2D eigenvalue weighted by molar-refractivity contribution is 6.25. The van der Waals surface area contributed by atoms with E-state index in [0.717, 1.165) is 11.2 Å². The molecule has 0 radical (unpaired) electrons. The van der Waals surface area contributed by atoms with Crippen molar-refractivity contribution in [3.8, 4) is 22.4 Å². The van der Waals surface area contributed by atoms with Crippen LogP contribution in [0.5, 0.6) is 0 Å². The second-order valence-electron chi connectivity index (χ2n) is 8.41. The average molecular weight is 406 g/mol. The van der Waals surface area contributed by atoms with Gasteiger partial charge >= 0.3 is 0 Å². The lowest BCUT2D eigenvalue weighted by atomic mass is 9.90. The smallest absolute Gasteiger partial charge is 0.0722 e. The summed E-state index contributed by atoms with van der Waals surface area (Å²) in [5, 5.41) is 8.96. The molecule has 0 atom stereocenters. The molecular weight excluding hydrogens is 386 g/mol. The normalized spacial score (nSPS) is 11.8. The average Bonchev–Trinajstić information content (AvgIpc) is 2.87. The van der Waals surface area contributed by atoms with Crippen LogP contribution in [0.25, 0.3) is 65.6 Å². The van der Waals surface area contributed by atoms with Crippen LogP contribution in [-0.2, 0) is 0 Å². The van der Waals surface area contributed by atoms with Gasteiger partial charge in [-0.05, 0) is 55.6 Å². The van der Waals surface area contributed by atoms with Gasteiger partial charge in [-0.15, -0.1) is 0 Å². The van der Waals surface area contributed by atoms with Crippen molar-refractivity contribution >= 4 is 43.2 Å². The van der Waals surface area contributed by atoms with E-state index in [9.17, 15) is 0 Å². The zero-order valence-electron chi connectivity index (χ0n) is 17.4. The topological polar surface area (TPSA) is 12.9 Å². The van der Waals surface area contributed by atoms with Crippen LogP contribution in [0.4, 0.5) is 0 Å².